The van der Waals surface area contributed by atoms with Crippen molar-refractivity contribution in [3.63, 3.8) is 0 Å². The number of carbonyl (C=O) groups is 2. The largest absolute Gasteiger partial charge is 0.480 e. The number of ether oxygens (including phenoxy) is 3. The van der Waals surface area contributed by atoms with E-state index in [4.69, 9.17) is 15.2 Å². The molecule has 0 spiro atoms. The molecule has 0 aliphatic rings. The highest BCUT2D eigenvalue weighted by Crippen LogP contribution is 2.32. The number of carbonyl (C=O) groups excluding carboxylic acids is 2. The minimum Gasteiger partial charge on any atom is -0.480 e. The van der Waals surface area contributed by atoms with Crippen molar-refractivity contribution in [2.24, 2.45) is 0 Å². The second-order valence-corrected chi connectivity index (χ2v) is 6.39. The Kier molecular flexibility index (Phi) is 8.57. The lowest BCUT2D eigenvalue weighted by molar-refractivity contribution is -0.151. The first-order valence-corrected chi connectivity index (χ1v) is 8.55. The predicted molar refractivity (Wildman–Crippen MR) is 103 cm³/mol. The maximum atomic E-state index is 11.7. The summed E-state index contributed by atoms with van der Waals surface area (Å²) in [5, 5.41) is 0. The number of rotatable bonds is 7. The van der Waals surface area contributed by atoms with Gasteiger partial charge in [-0.2, -0.15) is 0 Å². The van der Waals surface area contributed by atoms with E-state index in [2.05, 4.69) is 33.3 Å². The SMILES string of the molecule is COC(=O)/C=C(OCC(=O)OC(C)C)/C(Br)=C(\S)c1cccc(N)c1. The van der Waals surface area contributed by atoms with E-state index in [1.807, 2.05) is 0 Å². The van der Waals surface area contributed by atoms with Crippen molar-refractivity contribution in [2.45, 2.75) is 20.0 Å². The molecule has 0 radical (unpaired) electrons. The van der Waals surface area contributed by atoms with Crippen molar-refractivity contribution in [1.82, 2.24) is 0 Å². The Labute approximate surface area is 160 Å². The van der Waals surface area contributed by atoms with E-state index in [-0.39, 0.29) is 18.5 Å². The van der Waals surface area contributed by atoms with Crippen LogP contribution >= 0.6 is 28.6 Å². The molecule has 0 bridgehead atoms. The Balaban J connectivity index is 3.10. The average molecular weight is 430 g/mol. The van der Waals surface area contributed by atoms with Crippen molar-refractivity contribution < 1.29 is 23.8 Å². The molecule has 0 unspecified atom stereocenters. The van der Waals surface area contributed by atoms with Crippen molar-refractivity contribution >= 4 is 51.1 Å². The Morgan fingerprint density at radius 2 is 2.04 bits per heavy atom. The highest BCUT2D eigenvalue weighted by Gasteiger charge is 2.15. The average Bonchev–Trinajstić information content (AvgIpc) is 2.56. The molecule has 1 rings (SSSR count). The summed E-state index contributed by atoms with van der Waals surface area (Å²) in [4.78, 5) is 23.7. The lowest BCUT2D eigenvalue weighted by Crippen LogP contribution is -2.17. The monoisotopic (exact) mass is 429 g/mol. The van der Waals surface area contributed by atoms with Crippen LogP contribution in [-0.4, -0.2) is 31.8 Å². The van der Waals surface area contributed by atoms with Crippen LogP contribution in [0.15, 0.2) is 40.6 Å². The van der Waals surface area contributed by atoms with Gasteiger partial charge in [0.2, 0.25) is 0 Å². The van der Waals surface area contributed by atoms with Gasteiger partial charge >= 0.3 is 11.9 Å². The van der Waals surface area contributed by atoms with Crippen LogP contribution in [0.5, 0.6) is 0 Å². The second-order valence-electron chi connectivity index (χ2n) is 5.15. The quantitative estimate of drug-likeness (QED) is 0.172. The van der Waals surface area contributed by atoms with Gasteiger partial charge in [0, 0.05) is 10.6 Å². The fourth-order valence-electron chi connectivity index (χ4n) is 1.70. The number of hydrogen-bond donors (Lipinski definition) is 2. The summed E-state index contributed by atoms with van der Waals surface area (Å²) in [5.74, 6) is -1.12. The second kappa shape index (κ2) is 10.1. The Morgan fingerprint density at radius 1 is 1.36 bits per heavy atom. The molecule has 0 amide bonds. The minimum atomic E-state index is -0.641. The Bertz CT molecular complexity index is 700. The van der Waals surface area contributed by atoms with Crippen LogP contribution in [0.4, 0.5) is 5.69 Å². The standard InChI is InChI=1S/C17H20BrNO5S/c1-10(2)24-15(21)9-23-13(8-14(20)22-3)16(18)17(25)11-5-4-6-12(19)7-11/h4-8,10,25H,9,19H2,1-3H3/b13-8-,17-16+. The van der Waals surface area contributed by atoms with Gasteiger partial charge in [0.05, 0.1) is 23.8 Å². The predicted octanol–water partition coefficient (Wildman–Crippen LogP) is 3.29. The number of halogens is 1. The lowest BCUT2D eigenvalue weighted by Gasteiger charge is -2.13. The smallest absolute Gasteiger partial charge is 0.344 e. The molecule has 2 N–H and O–H groups in total. The maximum Gasteiger partial charge on any atom is 0.344 e. The summed E-state index contributed by atoms with van der Waals surface area (Å²) in [5.41, 5.74) is 7.03. The molecule has 0 aliphatic carbocycles. The Hall–Kier alpha value is -1.93. The molecule has 0 aromatic heterocycles. The molecule has 0 aliphatic heterocycles. The molecule has 0 saturated heterocycles. The molecule has 8 heteroatoms. The van der Waals surface area contributed by atoms with Gasteiger partial charge in [-0.05, 0) is 47.5 Å². The van der Waals surface area contributed by atoms with Crippen LogP contribution < -0.4 is 5.73 Å². The van der Waals surface area contributed by atoms with Gasteiger partial charge in [-0.25, -0.2) is 9.59 Å². The number of nitrogens with two attached hydrogens (primary N) is 1. The molecule has 25 heavy (non-hydrogen) atoms. The first-order valence-electron chi connectivity index (χ1n) is 7.31. The molecule has 0 fully saturated rings. The van der Waals surface area contributed by atoms with Gasteiger partial charge in [0.15, 0.2) is 6.61 Å². The van der Waals surface area contributed by atoms with E-state index in [0.717, 1.165) is 6.08 Å². The number of allylic oxidation sites excluding steroid dienone is 1. The zero-order valence-electron chi connectivity index (χ0n) is 14.1. The molecular weight excluding hydrogens is 410 g/mol. The van der Waals surface area contributed by atoms with Gasteiger partial charge < -0.3 is 19.9 Å². The van der Waals surface area contributed by atoms with Crippen molar-refractivity contribution in [2.75, 3.05) is 19.5 Å². The maximum absolute atomic E-state index is 11.7. The summed E-state index contributed by atoms with van der Waals surface area (Å²) in [6.45, 7) is 3.09. The number of esters is 2. The Morgan fingerprint density at radius 3 is 2.60 bits per heavy atom. The number of thiol groups is 1. The van der Waals surface area contributed by atoms with Crippen LogP contribution in [0.25, 0.3) is 4.91 Å². The van der Waals surface area contributed by atoms with E-state index >= 15 is 0 Å². The molecule has 0 heterocycles. The van der Waals surface area contributed by atoms with E-state index in [1.165, 1.54) is 7.11 Å². The highest BCUT2D eigenvalue weighted by atomic mass is 79.9. The molecule has 0 atom stereocenters. The van der Waals surface area contributed by atoms with Crippen molar-refractivity contribution in [1.29, 1.82) is 0 Å². The lowest BCUT2D eigenvalue weighted by atomic mass is 10.2. The third-order valence-corrected chi connectivity index (χ3v) is 4.32. The molecule has 1 aromatic carbocycles. The van der Waals surface area contributed by atoms with Crippen LogP contribution in [0.3, 0.4) is 0 Å². The fraction of sp³-hybridized carbons (Fsp3) is 0.294. The van der Waals surface area contributed by atoms with E-state index in [0.29, 0.717) is 20.6 Å². The molecule has 1 aromatic rings. The highest BCUT2D eigenvalue weighted by molar-refractivity contribution is 9.12. The zero-order chi connectivity index (χ0) is 19.0. The number of methoxy groups -OCH3 is 1. The summed E-state index contributed by atoms with van der Waals surface area (Å²) in [7, 11) is 1.24. The summed E-state index contributed by atoms with van der Waals surface area (Å²) in [6, 6.07) is 7.02. The van der Waals surface area contributed by atoms with Crippen LogP contribution in [0.2, 0.25) is 0 Å². The number of hydrogen-bond acceptors (Lipinski definition) is 7. The molecule has 136 valence electrons. The third kappa shape index (κ3) is 7.23. The fourth-order valence-corrected chi connectivity index (χ4v) is 2.40. The van der Waals surface area contributed by atoms with Gasteiger partial charge in [-0.3, -0.25) is 0 Å². The first-order chi connectivity index (χ1) is 11.7. The van der Waals surface area contributed by atoms with Crippen LogP contribution in [0.1, 0.15) is 19.4 Å². The van der Waals surface area contributed by atoms with Gasteiger partial charge in [0.25, 0.3) is 0 Å². The van der Waals surface area contributed by atoms with E-state index < -0.39 is 11.9 Å². The van der Waals surface area contributed by atoms with Crippen molar-refractivity contribution in [3.05, 3.63) is 46.1 Å². The molecular formula is C17H20BrNO5S. The number of benzene rings is 1. The van der Waals surface area contributed by atoms with Crippen LogP contribution in [0, 0.1) is 0 Å². The molecule has 0 saturated carbocycles. The summed E-state index contributed by atoms with van der Waals surface area (Å²) in [6.07, 6.45) is 0.839. The minimum absolute atomic E-state index is 0.0833. The third-order valence-electron chi connectivity index (χ3n) is 2.75. The number of anilines is 1. The van der Waals surface area contributed by atoms with Crippen molar-refractivity contribution in [3.8, 4) is 0 Å². The van der Waals surface area contributed by atoms with Gasteiger partial charge in [-0.1, -0.05) is 12.1 Å². The zero-order valence-corrected chi connectivity index (χ0v) is 16.6. The summed E-state index contributed by atoms with van der Waals surface area (Å²) >= 11 is 7.78. The van der Waals surface area contributed by atoms with Crippen LogP contribution in [-0.2, 0) is 23.8 Å². The molecule has 6 nitrogen and oxygen atoms in total. The van der Waals surface area contributed by atoms with E-state index in [1.54, 1.807) is 38.1 Å². The first kappa shape index (κ1) is 21.1. The summed E-state index contributed by atoms with van der Waals surface area (Å²) < 4.78 is 15.4. The normalized spacial score (nSPS) is 12.5. The number of nitrogen functional groups attached to an aromatic ring is 1. The van der Waals surface area contributed by atoms with E-state index in [9.17, 15) is 9.59 Å². The van der Waals surface area contributed by atoms with Gasteiger partial charge in [-0.15, -0.1) is 12.6 Å². The van der Waals surface area contributed by atoms with Gasteiger partial charge in [0.1, 0.15) is 5.76 Å². The topological polar surface area (TPSA) is 87.8 Å².